The molecule has 4 heteroatoms. The van der Waals surface area contributed by atoms with Crippen LogP contribution in [0.3, 0.4) is 0 Å². The van der Waals surface area contributed by atoms with Gasteiger partial charge in [0.2, 0.25) is 0 Å². The molecule has 1 rings (SSSR count). The topological polar surface area (TPSA) is 37.3 Å². The lowest BCUT2D eigenvalue weighted by Crippen LogP contribution is -2.00. The lowest BCUT2D eigenvalue weighted by Gasteiger charge is -2.03. The van der Waals surface area contributed by atoms with Crippen molar-refractivity contribution in [2.24, 2.45) is 0 Å². The summed E-state index contributed by atoms with van der Waals surface area (Å²) in [6.07, 6.45) is 0.479. The minimum atomic E-state index is 0.0871. The van der Waals surface area contributed by atoms with Gasteiger partial charge in [0.25, 0.3) is 0 Å². The Bertz CT molecular complexity index is 337. The van der Waals surface area contributed by atoms with Crippen molar-refractivity contribution >= 4 is 37.6 Å². The average molecular weight is 322 g/mol. The van der Waals surface area contributed by atoms with Crippen molar-refractivity contribution < 1.29 is 9.90 Å². The van der Waals surface area contributed by atoms with E-state index in [1.807, 2.05) is 0 Å². The Labute approximate surface area is 99.6 Å². The molecular weight excluding hydrogens is 312 g/mol. The zero-order chi connectivity index (χ0) is 10.6. The summed E-state index contributed by atoms with van der Waals surface area (Å²) < 4.78 is 0. The van der Waals surface area contributed by atoms with E-state index in [-0.39, 0.29) is 11.5 Å². The number of aromatic hydroxyl groups is 1. The van der Waals surface area contributed by atoms with Gasteiger partial charge in [-0.1, -0.05) is 31.9 Å². The summed E-state index contributed by atoms with van der Waals surface area (Å²) in [5, 5.41) is 10.6. The predicted molar refractivity (Wildman–Crippen MR) is 63.5 cm³/mol. The quantitative estimate of drug-likeness (QED) is 0.682. The monoisotopic (exact) mass is 320 g/mol. The molecule has 0 amide bonds. The third kappa shape index (κ3) is 2.82. The summed E-state index contributed by atoms with van der Waals surface area (Å²) in [7, 11) is 0. The lowest BCUT2D eigenvalue weighted by atomic mass is 10.1. The van der Waals surface area contributed by atoms with Gasteiger partial charge in [0.05, 0.1) is 0 Å². The number of benzene rings is 1. The fraction of sp³-hybridized carbons (Fsp3) is 0.300. The standard InChI is InChI=1S/C10H10Br2O2/c11-4-3-10(14)7-1-2-9(13)8(5-7)6-12/h1-2,5,13H,3-4,6H2. The van der Waals surface area contributed by atoms with Gasteiger partial charge in [0.1, 0.15) is 5.75 Å². The Kier molecular flexibility index (Phi) is 4.62. The summed E-state index contributed by atoms with van der Waals surface area (Å²) in [5.41, 5.74) is 1.39. The Hall–Kier alpha value is -0.350. The van der Waals surface area contributed by atoms with E-state index in [9.17, 15) is 9.90 Å². The van der Waals surface area contributed by atoms with Gasteiger partial charge in [-0.25, -0.2) is 0 Å². The van der Waals surface area contributed by atoms with Crippen LogP contribution >= 0.6 is 31.9 Å². The molecule has 0 fully saturated rings. The minimum absolute atomic E-state index is 0.0871. The van der Waals surface area contributed by atoms with E-state index < -0.39 is 0 Å². The summed E-state index contributed by atoms with van der Waals surface area (Å²) in [6.45, 7) is 0. The van der Waals surface area contributed by atoms with Crippen LogP contribution in [0.2, 0.25) is 0 Å². The second kappa shape index (κ2) is 5.51. The first-order valence-corrected chi connectivity index (χ1v) is 6.40. The van der Waals surface area contributed by atoms with Crippen LogP contribution < -0.4 is 0 Å². The number of Topliss-reactive ketones (excluding diaryl/α,β-unsaturated/α-hetero) is 1. The average Bonchev–Trinajstić information content (AvgIpc) is 2.19. The van der Waals surface area contributed by atoms with Crippen LogP contribution in [0.4, 0.5) is 0 Å². The van der Waals surface area contributed by atoms with Crippen LogP contribution in [0.25, 0.3) is 0 Å². The third-order valence-electron chi connectivity index (χ3n) is 1.87. The molecule has 0 saturated heterocycles. The van der Waals surface area contributed by atoms with Crippen LogP contribution in [-0.4, -0.2) is 16.2 Å². The number of hydrogen-bond donors (Lipinski definition) is 1. The van der Waals surface area contributed by atoms with Crippen LogP contribution in [0.5, 0.6) is 5.75 Å². The van der Waals surface area contributed by atoms with E-state index in [1.54, 1.807) is 18.2 Å². The molecule has 2 nitrogen and oxygen atoms in total. The van der Waals surface area contributed by atoms with Crippen molar-refractivity contribution in [2.75, 3.05) is 5.33 Å². The van der Waals surface area contributed by atoms with Gasteiger partial charge in [0.15, 0.2) is 5.78 Å². The molecule has 0 atom stereocenters. The predicted octanol–water partition coefficient (Wildman–Crippen LogP) is 3.25. The van der Waals surface area contributed by atoms with Gasteiger partial charge >= 0.3 is 0 Å². The van der Waals surface area contributed by atoms with Crippen molar-refractivity contribution in [1.82, 2.24) is 0 Å². The van der Waals surface area contributed by atoms with Crippen LogP contribution in [0.15, 0.2) is 18.2 Å². The van der Waals surface area contributed by atoms with Crippen molar-refractivity contribution in [3.63, 3.8) is 0 Å². The number of carbonyl (C=O) groups excluding carboxylic acids is 1. The maximum absolute atomic E-state index is 11.5. The molecule has 14 heavy (non-hydrogen) atoms. The number of ketones is 1. The zero-order valence-corrected chi connectivity index (χ0v) is 10.6. The normalized spacial score (nSPS) is 10.1. The van der Waals surface area contributed by atoms with Gasteiger partial charge in [-0.3, -0.25) is 4.79 Å². The largest absolute Gasteiger partial charge is 0.508 e. The Morgan fingerprint density at radius 3 is 2.64 bits per heavy atom. The molecular formula is C10H10Br2O2. The van der Waals surface area contributed by atoms with E-state index in [2.05, 4.69) is 31.9 Å². The fourth-order valence-corrected chi connectivity index (χ4v) is 1.91. The molecule has 0 spiro atoms. The van der Waals surface area contributed by atoms with Gasteiger partial charge in [-0.2, -0.15) is 0 Å². The molecule has 1 N–H and O–H groups in total. The summed E-state index contributed by atoms with van der Waals surface area (Å²) >= 11 is 6.47. The Morgan fingerprint density at radius 2 is 2.07 bits per heavy atom. The Balaban J connectivity index is 2.94. The van der Waals surface area contributed by atoms with E-state index in [1.165, 1.54) is 0 Å². The number of phenols is 1. The van der Waals surface area contributed by atoms with E-state index in [0.717, 1.165) is 5.56 Å². The first kappa shape index (κ1) is 11.7. The second-order valence-corrected chi connectivity index (χ2v) is 4.19. The second-order valence-electron chi connectivity index (χ2n) is 2.84. The molecule has 1 aromatic rings. The first-order valence-electron chi connectivity index (χ1n) is 4.16. The molecule has 0 heterocycles. The number of halogens is 2. The number of alkyl halides is 2. The minimum Gasteiger partial charge on any atom is -0.508 e. The number of hydrogen-bond acceptors (Lipinski definition) is 2. The highest BCUT2D eigenvalue weighted by Crippen LogP contribution is 2.21. The SMILES string of the molecule is O=C(CCBr)c1ccc(O)c(CBr)c1. The van der Waals surface area contributed by atoms with Gasteiger partial charge in [0, 0.05) is 28.2 Å². The van der Waals surface area contributed by atoms with Crippen molar-refractivity contribution in [1.29, 1.82) is 0 Å². The highest BCUT2D eigenvalue weighted by Gasteiger charge is 2.07. The maximum atomic E-state index is 11.5. The van der Waals surface area contributed by atoms with Crippen LogP contribution in [0.1, 0.15) is 22.3 Å². The molecule has 0 radical (unpaired) electrons. The molecule has 0 aliphatic heterocycles. The van der Waals surface area contributed by atoms with Gasteiger partial charge in [-0.15, -0.1) is 0 Å². The van der Waals surface area contributed by atoms with Crippen LogP contribution in [-0.2, 0) is 5.33 Å². The van der Waals surface area contributed by atoms with E-state index >= 15 is 0 Å². The molecule has 0 unspecified atom stereocenters. The summed E-state index contributed by atoms with van der Waals surface area (Å²) in [6, 6.07) is 4.92. The molecule has 1 aromatic carbocycles. The highest BCUT2D eigenvalue weighted by atomic mass is 79.9. The summed E-state index contributed by atoms with van der Waals surface area (Å²) in [4.78, 5) is 11.5. The fourth-order valence-electron chi connectivity index (χ4n) is 1.10. The van der Waals surface area contributed by atoms with E-state index in [0.29, 0.717) is 22.6 Å². The van der Waals surface area contributed by atoms with Crippen LogP contribution in [0, 0.1) is 0 Å². The zero-order valence-electron chi connectivity index (χ0n) is 7.46. The molecule has 0 aromatic heterocycles. The van der Waals surface area contributed by atoms with Crippen molar-refractivity contribution in [3.05, 3.63) is 29.3 Å². The summed E-state index contributed by atoms with van der Waals surface area (Å²) in [5.74, 6) is 0.307. The maximum Gasteiger partial charge on any atom is 0.163 e. The number of phenolic OH excluding ortho intramolecular Hbond substituents is 1. The van der Waals surface area contributed by atoms with Crippen molar-refractivity contribution in [3.8, 4) is 5.75 Å². The van der Waals surface area contributed by atoms with Crippen molar-refractivity contribution in [2.45, 2.75) is 11.8 Å². The lowest BCUT2D eigenvalue weighted by molar-refractivity contribution is 0.0990. The third-order valence-corrected chi connectivity index (χ3v) is 2.87. The molecule has 76 valence electrons. The van der Waals surface area contributed by atoms with Gasteiger partial charge in [-0.05, 0) is 18.2 Å². The highest BCUT2D eigenvalue weighted by molar-refractivity contribution is 9.09. The number of rotatable bonds is 4. The first-order chi connectivity index (χ1) is 6.69. The molecule has 0 saturated carbocycles. The number of carbonyl (C=O) groups is 1. The van der Waals surface area contributed by atoms with E-state index in [4.69, 9.17) is 0 Å². The molecule has 0 aliphatic rings. The molecule has 0 aliphatic carbocycles. The smallest absolute Gasteiger partial charge is 0.163 e. The Morgan fingerprint density at radius 1 is 1.36 bits per heavy atom. The molecule has 0 bridgehead atoms. The van der Waals surface area contributed by atoms with Gasteiger partial charge < -0.3 is 5.11 Å².